The van der Waals surface area contributed by atoms with E-state index in [1.54, 1.807) is 19.1 Å². The van der Waals surface area contributed by atoms with Gasteiger partial charge in [-0.05, 0) is 19.1 Å². The van der Waals surface area contributed by atoms with E-state index in [-0.39, 0.29) is 5.78 Å². The van der Waals surface area contributed by atoms with Gasteiger partial charge in [-0.25, -0.2) is 4.98 Å². The fourth-order valence-electron chi connectivity index (χ4n) is 1.35. The van der Waals surface area contributed by atoms with Crippen molar-refractivity contribution in [2.24, 2.45) is 0 Å². The second-order valence-corrected chi connectivity index (χ2v) is 4.45. The van der Waals surface area contributed by atoms with Gasteiger partial charge < -0.3 is 0 Å². The summed E-state index contributed by atoms with van der Waals surface area (Å²) in [5.41, 5.74) is 1.41. The van der Waals surface area contributed by atoms with Gasteiger partial charge in [-0.3, -0.25) is 9.59 Å². The Bertz CT molecular complexity index is 530. The summed E-state index contributed by atoms with van der Waals surface area (Å²) in [6.07, 6.45) is 1.17. The van der Waals surface area contributed by atoms with E-state index in [9.17, 15) is 9.59 Å². The lowest BCUT2D eigenvalue weighted by molar-refractivity contribution is -0.116. The number of ketones is 1. The molecule has 2 aromatic rings. The predicted molar refractivity (Wildman–Crippen MR) is 59.4 cm³/mol. The molecule has 2 rings (SSSR count). The number of benzene rings is 1. The van der Waals surface area contributed by atoms with Crippen LogP contribution in [0.4, 0.5) is 0 Å². The normalized spacial score (nSPS) is 10.5. The summed E-state index contributed by atoms with van der Waals surface area (Å²) in [6, 6.07) is 5.36. The molecular formula is C11H9NO2S. The topological polar surface area (TPSA) is 47.0 Å². The summed E-state index contributed by atoms with van der Waals surface area (Å²) in [5, 5.41) is 0.806. The standard InChI is InChI=1S/C11H9NO2S/c1-7(14)4-11-12-9-5-8(6-13)2-3-10(9)15-11/h2-3,5-6H,4H2,1H3. The number of thiazole rings is 1. The van der Waals surface area contributed by atoms with Crippen LogP contribution in [0.5, 0.6) is 0 Å². The molecule has 0 aliphatic rings. The maximum absolute atomic E-state index is 10.9. The maximum Gasteiger partial charge on any atom is 0.150 e. The number of carbonyl (C=O) groups is 2. The van der Waals surface area contributed by atoms with E-state index in [2.05, 4.69) is 4.98 Å². The molecule has 0 spiro atoms. The molecule has 0 aliphatic carbocycles. The van der Waals surface area contributed by atoms with Gasteiger partial charge in [-0.2, -0.15) is 0 Å². The van der Waals surface area contributed by atoms with E-state index in [0.29, 0.717) is 12.0 Å². The van der Waals surface area contributed by atoms with Crippen LogP contribution in [0.15, 0.2) is 18.2 Å². The van der Waals surface area contributed by atoms with Gasteiger partial charge in [0.1, 0.15) is 17.1 Å². The van der Waals surface area contributed by atoms with Crippen molar-refractivity contribution in [3.8, 4) is 0 Å². The van der Waals surface area contributed by atoms with Gasteiger partial charge >= 0.3 is 0 Å². The van der Waals surface area contributed by atoms with E-state index in [0.717, 1.165) is 21.5 Å². The van der Waals surface area contributed by atoms with Crippen LogP contribution in [-0.4, -0.2) is 17.1 Å². The summed E-state index contributed by atoms with van der Waals surface area (Å²) in [7, 11) is 0. The molecule has 3 nitrogen and oxygen atoms in total. The van der Waals surface area contributed by atoms with Crippen molar-refractivity contribution in [2.75, 3.05) is 0 Å². The Balaban J connectivity index is 2.46. The Kier molecular flexibility index (Phi) is 2.60. The quantitative estimate of drug-likeness (QED) is 0.744. The number of nitrogens with zero attached hydrogens (tertiary/aromatic N) is 1. The highest BCUT2D eigenvalue weighted by molar-refractivity contribution is 7.18. The summed E-state index contributed by atoms with van der Waals surface area (Å²) < 4.78 is 1.01. The zero-order chi connectivity index (χ0) is 10.8. The van der Waals surface area contributed by atoms with Gasteiger partial charge in [0.05, 0.1) is 16.6 Å². The highest BCUT2D eigenvalue weighted by Crippen LogP contribution is 2.23. The first-order valence-electron chi connectivity index (χ1n) is 4.53. The second kappa shape index (κ2) is 3.90. The number of carbonyl (C=O) groups excluding carboxylic acids is 2. The van der Waals surface area contributed by atoms with Crippen LogP contribution >= 0.6 is 11.3 Å². The fraction of sp³-hybridized carbons (Fsp3) is 0.182. The Morgan fingerprint density at radius 2 is 2.33 bits per heavy atom. The van der Waals surface area contributed by atoms with Crippen LogP contribution in [0.25, 0.3) is 10.2 Å². The van der Waals surface area contributed by atoms with Crippen molar-refractivity contribution < 1.29 is 9.59 Å². The first-order chi connectivity index (χ1) is 7.19. The number of hydrogen-bond donors (Lipinski definition) is 0. The van der Waals surface area contributed by atoms with Crippen LogP contribution in [0.1, 0.15) is 22.3 Å². The number of aldehydes is 1. The first-order valence-corrected chi connectivity index (χ1v) is 5.35. The summed E-state index contributed by atoms with van der Waals surface area (Å²) in [5.74, 6) is 0.102. The van der Waals surface area contributed by atoms with E-state index in [1.807, 2.05) is 6.07 Å². The maximum atomic E-state index is 10.9. The van der Waals surface area contributed by atoms with Gasteiger partial charge in [0.2, 0.25) is 0 Å². The zero-order valence-corrected chi connectivity index (χ0v) is 9.00. The SMILES string of the molecule is CC(=O)Cc1nc2cc(C=O)ccc2s1. The minimum atomic E-state index is 0.102. The van der Waals surface area contributed by atoms with E-state index in [1.165, 1.54) is 11.3 Å². The highest BCUT2D eigenvalue weighted by atomic mass is 32.1. The molecule has 0 fully saturated rings. The van der Waals surface area contributed by atoms with Crippen molar-refractivity contribution in [2.45, 2.75) is 13.3 Å². The first kappa shape index (κ1) is 9.98. The minimum absolute atomic E-state index is 0.102. The average molecular weight is 219 g/mol. The third kappa shape index (κ3) is 2.10. The van der Waals surface area contributed by atoms with Crippen LogP contribution in [-0.2, 0) is 11.2 Å². The molecule has 0 unspecified atom stereocenters. The summed E-state index contributed by atoms with van der Waals surface area (Å²) in [4.78, 5) is 25.8. The molecule has 1 aromatic heterocycles. The molecule has 0 amide bonds. The molecule has 0 saturated heterocycles. The monoisotopic (exact) mass is 219 g/mol. The van der Waals surface area contributed by atoms with Gasteiger partial charge in [-0.15, -0.1) is 11.3 Å². The Hall–Kier alpha value is -1.55. The Morgan fingerprint density at radius 3 is 3.00 bits per heavy atom. The lowest BCUT2D eigenvalue weighted by Crippen LogP contribution is -1.94. The van der Waals surface area contributed by atoms with Crippen LogP contribution in [0.2, 0.25) is 0 Å². The van der Waals surface area contributed by atoms with Crippen molar-refractivity contribution in [1.82, 2.24) is 4.98 Å². The van der Waals surface area contributed by atoms with Gasteiger partial charge in [0.25, 0.3) is 0 Å². The zero-order valence-electron chi connectivity index (χ0n) is 8.19. The lowest BCUT2D eigenvalue weighted by Gasteiger charge is -1.88. The smallest absolute Gasteiger partial charge is 0.150 e. The van der Waals surface area contributed by atoms with Crippen molar-refractivity contribution in [3.05, 3.63) is 28.8 Å². The van der Waals surface area contributed by atoms with Crippen molar-refractivity contribution >= 4 is 33.6 Å². The van der Waals surface area contributed by atoms with Crippen LogP contribution in [0, 0.1) is 0 Å². The highest BCUT2D eigenvalue weighted by Gasteiger charge is 2.06. The lowest BCUT2D eigenvalue weighted by atomic mass is 10.2. The summed E-state index contributed by atoms with van der Waals surface area (Å²) in [6.45, 7) is 1.54. The number of rotatable bonds is 3. The Morgan fingerprint density at radius 1 is 1.53 bits per heavy atom. The molecule has 0 atom stereocenters. The molecular weight excluding hydrogens is 210 g/mol. The predicted octanol–water partition coefficient (Wildman–Crippen LogP) is 2.24. The molecule has 0 aliphatic heterocycles. The third-order valence-electron chi connectivity index (χ3n) is 1.99. The van der Waals surface area contributed by atoms with E-state index < -0.39 is 0 Å². The van der Waals surface area contributed by atoms with Crippen LogP contribution < -0.4 is 0 Å². The average Bonchev–Trinajstić information content (AvgIpc) is 2.57. The number of hydrogen-bond acceptors (Lipinski definition) is 4. The molecule has 1 aromatic carbocycles. The molecule has 1 heterocycles. The second-order valence-electron chi connectivity index (χ2n) is 3.33. The number of fused-ring (bicyclic) bond motifs is 1. The van der Waals surface area contributed by atoms with Gasteiger partial charge in [0, 0.05) is 5.56 Å². The minimum Gasteiger partial charge on any atom is -0.300 e. The van der Waals surface area contributed by atoms with E-state index in [4.69, 9.17) is 0 Å². The number of aromatic nitrogens is 1. The third-order valence-corrected chi connectivity index (χ3v) is 3.03. The van der Waals surface area contributed by atoms with Gasteiger partial charge in [0.15, 0.2) is 0 Å². The molecule has 15 heavy (non-hydrogen) atoms. The van der Waals surface area contributed by atoms with Crippen molar-refractivity contribution in [1.29, 1.82) is 0 Å². The largest absolute Gasteiger partial charge is 0.300 e. The molecule has 0 radical (unpaired) electrons. The van der Waals surface area contributed by atoms with Crippen LogP contribution in [0.3, 0.4) is 0 Å². The molecule has 4 heteroatoms. The molecule has 0 saturated carbocycles. The Labute approximate surface area is 90.8 Å². The van der Waals surface area contributed by atoms with E-state index >= 15 is 0 Å². The van der Waals surface area contributed by atoms with Gasteiger partial charge in [-0.1, -0.05) is 6.07 Å². The molecule has 0 bridgehead atoms. The van der Waals surface area contributed by atoms with Crippen molar-refractivity contribution in [3.63, 3.8) is 0 Å². The molecule has 0 N–H and O–H groups in total. The molecule has 76 valence electrons. The fourth-order valence-corrected chi connectivity index (χ4v) is 2.37. The number of Topliss-reactive ketones (excluding diaryl/α,β-unsaturated/α-hetero) is 1. The summed E-state index contributed by atoms with van der Waals surface area (Å²) >= 11 is 1.50.